The SMILES string of the molecule is [O]C(=O)Cc1ccc2ccccc2c1. The Kier molecular flexibility index (Phi) is 2.19. The number of benzene rings is 2. The molecule has 0 aliphatic heterocycles. The Hall–Kier alpha value is -1.83. The van der Waals surface area contributed by atoms with E-state index < -0.39 is 5.97 Å². The van der Waals surface area contributed by atoms with E-state index in [0.717, 1.165) is 16.3 Å². The van der Waals surface area contributed by atoms with Crippen molar-refractivity contribution in [1.82, 2.24) is 0 Å². The van der Waals surface area contributed by atoms with Gasteiger partial charge in [0.25, 0.3) is 0 Å². The summed E-state index contributed by atoms with van der Waals surface area (Å²) in [4.78, 5) is 10.4. The van der Waals surface area contributed by atoms with Crippen molar-refractivity contribution in [3.8, 4) is 0 Å². The Morgan fingerprint density at radius 1 is 1.00 bits per heavy atom. The van der Waals surface area contributed by atoms with Crippen LogP contribution in [0.3, 0.4) is 0 Å². The molecule has 2 nitrogen and oxygen atoms in total. The first-order valence-electron chi connectivity index (χ1n) is 4.43. The van der Waals surface area contributed by atoms with Crippen molar-refractivity contribution in [2.45, 2.75) is 6.42 Å². The van der Waals surface area contributed by atoms with Crippen molar-refractivity contribution in [2.24, 2.45) is 0 Å². The van der Waals surface area contributed by atoms with Gasteiger partial charge in [0.15, 0.2) is 0 Å². The third-order valence-electron chi connectivity index (χ3n) is 2.16. The minimum atomic E-state index is -1.04. The van der Waals surface area contributed by atoms with E-state index >= 15 is 0 Å². The molecule has 14 heavy (non-hydrogen) atoms. The molecule has 0 aliphatic rings. The summed E-state index contributed by atoms with van der Waals surface area (Å²) in [5.41, 5.74) is 0.781. The van der Waals surface area contributed by atoms with Crippen LogP contribution in [0.15, 0.2) is 42.5 Å². The molecule has 1 radical (unpaired) electrons. The smallest absolute Gasteiger partial charge is 0.247 e. The van der Waals surface area contributed by atoms with Crippen LogP contribution in [0.4, 0.5) is 0 Å². The molecule has 0 saturated carbocycles. The zero-order chi connectivity index (χ0) is 9.97. The van der Waals surface area contributed by atoms with E-state index in [4.69, 9.17) is 0 Å². The highest BCUT2D eigenvalue weighted by Crippen LogP contribution is 2.15. The Morgan fingerprint density at radius 2 is 1.71 bits per heavy atom. The van der Waals surface area contributed by atoms with Crippen molar-refractivity contribution < 1.29 is 9.90 Å². The molecular formula is C12H9O2. The van der Waals surface area contributed by atoms with Crippen LogP contribution in [-0.2, 0) is 16.3 Å². The molecule has 0 aliphatic carbocycles. The lowest BCUT2D eigenvalue weighted by Crippen LogP contribution is -1.97. The second kappa shape index (κ2) is 3.50. The average molecular weight is 185 g/mol. The van der Waals surface area contributed by atoms with Gasteiger partial charge in [-0.2, -0.15) is 0 Å². The van der Waals surface area contributed by atoms with Crippen molar-refractivity contribution in [1.29, 1.82) is 0 Å². The van der Waals surface area contributed by atoms with Gasteiger partial charge in [0, 0.05) is 0 Å². The topological polar surface area (TPSA) is 37.0 Å². The van der Waals surface area contributed by atoms with E-state index in [1.807, 2.05) is 42.5 Å². The molecule has 0 N–H and O–H groups in total. The zero-order valence-corrected chi connectivity index (χ0v) is 7.57. The van der Waals surface area contributed by atoms with Crippen LogP contribution < -0.4 is 0 Å². The number of carbonyl (C=O) groups excluding carboxylic acids is 1. The molecule has 0 fully saturated rings. The third kappa shape index (κ3) is 1.74. The number of fused-ring (bicyclic) bond motifs is 1. The van der Waals surface area contributed by atoms with Crippen LogP contribution in [0.5, 0.6) is 0 Å². The average Bonchev–Trinajstić information content (AvgIpc) is 2.17. The van der Waals surface area contributed by atoms with Crippen LogP contribution in [-0.4, -0.2) is 5.97 Å². The standard InChI is InChI=1S/C12H9O2/c13-12(14)8-9-5-6-10-3-1-2-4-11(10)7-9/h1-7H,8H2. The Bertz CT molecular complexity index is 474. The van der Waals surface area contributed by atoms with Gasteiger partial charge < -0.3 is 0 Å². The minimum absolute atomic E-state index is 0.0230. The number of rotatable bonds is 2. The van der Waals surface area contributed by atoms with Crippen molar-refractivity contribution in [3.63, 3.8) is 0 Å². The second-order valence-electron chi connectivity index (χ2n) is 3.23. The molecule has 0 amide bonds. The predicted octanol–water partition coefficient (Wildman–Crippen LogP) is 2.34. The maximum absolute atomic E-state index is 10.4. The van der Waals surface area contributed by atoms with E-state index in [1.165, 1.54) is 0 Å². The maximum atomic E-state index is 10.4. The fourth-order valence-electron chi connectivity index (χ4n) is 1.52. The number of hydrogen-bond donors (Lipinski definition) is 0. The molecule has 0 saturated heterocycles. The normalized spacial score (nSPS) is 10.3. The van der Waals surface area contributed by atoms with Crippen molar-refractivity contribution in [2.75, 3.05) is 0 Å². The Morgan fingerprint density at radius 3 is 2.43 bits per heavy atom. The molecule has 2 aromatic carbocycles. The first-order chi connectivity index (χ1) is 6.75. The molecular weight excluding hydrogens is 176 g/mol. The van der Waals surface area contributed by atoms with Gasteiger partial charge in [0.1, 0.15) is 0 Å². The summed E-state index contributed by atoms with van der Waals surface area (Å²) in [5, 5.41) is 12.6. The van der Waals surface area contributed by atoms with Gasteiger partial charge in [-0.3, -0.25) is 0 Å². The molecule has 2 aromatic rings. The Labute approximate surface area is 81.8 Å². The zero-order valence-electron chi connectivity index (χ0n) is 7.57. The van der Waals surface area contributed by atoms with Gasteiger partial charge in [-0.05, 0) is 16.3 Å². The van der Waals surface area contributed by atoms with Gasteiger partial charge in [-0.25, -0.2) is 9.90 Å². The highest BCUT2D eigenvalue weighted by atomic mass is 16.4. The first-order valence-corrected chi connectivity index (χ1v) is 4.43. The molecule has 0 heterocycles. The largest absolute Gasteiger partial charge is 0.359 e. The molecule has 2 rings (SSSR count). The fraction of sp³-hybridized carbons (Fsp3) is 0.0833. The summed E-state index contributed by atoms with van der Waals surface area (Å²) in [5.74, 6) is -1.04. The van der Waals surface area contributed by atoms with E-state index in [0.29, 0.717) is 0 Å². The lowest BCUT2D eigenvalue weighted by molar-refractivity contribution is -0.142. The highest BCUT2D eigenvalue weighted by Gasteiger charge is 2.02. The lowest BCUT2D eigenvalue weighted by atomic mass is 10.1. The maximum Gasteiger partial charge on any atom is 0.359 e. The van der Waals surface area contributed by atoms with E-state index in [2.05, 4.69) is 0 Å². The van der Waals surface area contributed by atoms with Crippen molar-refractivity contribution in [3.05, 3.63) is 48.0 Å². The van der Waals surface area contributed by atoms with Crippen LogP contribution >= 0.6 is 0 Å². The summed E-state index contributed by atoms with van der Waals surface area (Å²) in [7, 11) is 0. The minimum Gasteiger partial charge on any atom is -0.247 e. The second-order valence-corrected chi connectivity index (χ2v) is 3.23. The third-order valence-corrected chi connectivity index (χ3v) is 2.16. The molecule has 0 atom stereocenters. The van der Waals surface area contributed by atoms with Crippen LogP contribution in [0.2, 0.25) is 0 Å². The molecule has 0 bridgehead atoms. The quantitative estimate of drug-likeness (QED) is 0.707. The molecule has 69 valence electrons. The van der Waals surface area contributed by atoms with Crippen LogP contribution in [0.25, 0.3) is 10.8 Å². The first kappa shape index (κ1) is 8.75. The summed E-state index contributed by atoms with van der Waals surface area (Å²) in [6.45, 7) is 0. The predicted molar refractivity (Wildman–Crippen MR) is 53.3 cm³/mol. The highest BCUT2D eigenvalue weighted by molar-refractivity contribution is 5.84. The van der Waals surface area contributed by atoms with Gasteiger partial charge >= 0.3 is 5.97 Å². The molecule has 0 aromatic heterocycles. The van der Waals surface area contributed by atoms with Gasteiger partial charge in [0.2, 0.25) is 0 Å². The molecule has 0 spiro atoms. The molecule has 2 heteroatoms. The van der Waals surface area contributed by atoms with Crippen LogP contribution in [0.1, 0.15) is 5.56 Å². The summed E-state index contributed by atoms with van der Waals surface area (Å²) in [6.07, 6.45) is -0.0230. The van der Waals surface area contributed by atoms with E-state index in [1.54, 1.807) is 0 Å². The van der Waals surface area contributed by atoms with Crippen LogP contribution in [0, 0.1) is 0 Å². The fourth-order valence-corrected chi connectivity index (χ4v) is 1.52. The summed E-state index contributed by atoms with van der Waals surface area (Å²) < 4.78 is 0. The summed E-state index contributed by atoms with van der Waals surface area (Å²) >= 11 is 0. The van der Waals surface area contributed by atoms with Gasteiger partial charge in [-0.1, -0.05) is 42.5 Å². The van der Waals surface area contributed by atoms with Gasteiger partial charge in [-0.15, -0.1) is 0 Å². The van der Waals surface area contributed by atoms with Crippen molar-refractivity contribution >= 4 is 16.7 Å². The van der Waals surface area contributed by atoms with E-state index in [9.17, 15) is 9.90 Å². The molecule has 0 unspecified atom stereocenters. The lowest BCUT2D eigenvalue weighted by Gasteiger charge is -1.99. The monoisotopic (exact) mass is 185 g/mol. The number of hydrogen-bond acceptors (Lipinski definition) is 1. The van der Waals surface area contributed by atoms with Gasteiger partial charge in [0.05, 0.1) is 6.42 Å². The number of carbonyl (C=O) groups is 1. The Balaban J connectivity index is 2.46. The summed E-state index contributed by atoms with van der Waals surface area (Å²) in [6, 6.07) is 13.5. The van der Waals surface area contributed by atoms with E-state index in [-0.39, 0.29) is 6.42 Å².